The minimum atomic E-state index is -0.205. The van der Waals surface area contributed by atoms with E-state index in [9.17, 15) is 4.79 Å². The molecule has 0 saturated carbocycles. The van der Waals surface area contributed by atoms with Crippen molar-refractivity contribution in [3.63, 3.8) is 0 Å². The maximum Gasteiger partial charge on any atom is 0.261 e. The van der Waals surface area contributed by atoms with Crippen molar-refractivity contribution in [2.45, 2.75) is 13.0 Å². The highest BCUT2D eigenvalue weighted by Crippen LogP contribution is 2.21. The number of nitrogens with one attached hydrogen (secondary N) is 3. The van der Waals surface area contributed by atoms with E-state index in [-0.39, 0.29) is 18.3 Å². The van der Waals surface area contributed by atoms with Gasteiger partial charge in [0.2, 0.25) is 5.91 Å². The van der Waals surface area contributed by atoms with Gasteiger partial charge < -0.3 is 9.72 Å². The lowest BCUT2D eigenvalue weighted by atomic mass is 10.1. The predicted octanol–water partition coefficient (Wildman–Crippen LogP) is 4.28. The summed E-state index contributed by atoms with van der Waals surface area (Å²) in [6.45, 7) is 0.508. The predicted molar refractivity (Wildman–Crippen MR) is 130 cm³/mol. The number of aromatic nitrogens is 4. The number of hydrogen-bond acceptors (Lipinski definition) is 6. The Balaban J connectivity index is 1.14. The molecule has 34 heavy (non-hydrogen) atoms. The molecular weight excluding hydrogens is 428 g/mol. The molecule has 2 heterocycles. The summed E-state index contributed by atoms with van der Waals surface area (Å²) in [7, 11) is 0. The molecule has 168 valence electrons. The van der Waals surface area contributed by atoms with Crippen LogP contribution in [0.25, 0.3) is 22.2 Å². The molecule has 3 N–H and O–H groups in total. The average molecular weight is 451 g/mol. The zero-order valence-corrected chi connectivity index (χ0v) is 18.2. The second-order valence-corrected chi connectivity index (χ2v) is 7.68. The Morgan fingerprint density at radius 2 is 1.71 bits per heavy atom. The van der Waals surface area contributed by atoms with Gasteiger partial charge in [-0.15, -0.1) is 10.2 Å². The van der Waals surface area contributed by atoms with Crippen LogP contribution in [0.5, 0.6) is 5.75 Å². The van der Waals surface area contributed by atoms with Gasteiger partial charge >= 0.3 is 0 Å². The molecule has 5 rings (SSSR count). The van der Waals surface area contributed by atoms with Gasteiger partial charge in [0.15, 0.2) is 0 Å². The van der Waals surface area contributed by atoms with Crippen LogP contribution in [0.3, 0.4) is 0 Å². The van der Waals surface area contributed by atoms with Gasteiger partial charge in [-0.05, 0) is 41.5 Å². The lowest BCUT2D eigenvalue weighted by Crippen LogP contribution is -2.31. The molecule has 3 aromatic carbocycles. The maximum absolute atomic E-state index is 12.3. The summed E-state index contributed by atoms with van der Waals surface area (Å²) in [5.41, 5.74) is 9.83. The molecule has 0 unspecified atom stereocenters. The van der Waals surface area contributed by atoms with Crippen molar-refractivity contribution in [1.29, 1.82) is 0 Å². The van der Waals surface area contributed by atoms with E-state index in [0.29, 0.717) is 12.3 Å². The lowest BCUT2D eigenvalue weighted by molar-refractivity contribution is -0.119. The van der Waals surface area contributed by atoms with Crippen LogP contribution in [0.1, 0.15) is 11.1 Å². The molecule has 0 spiro atoms. The van der Waals surface area contributed by atoms with Crippen LogP contribution in [0.2, 0.25) is 0 Å². The minimum absolute atomic E-state index is 0.205. The molecule has 0 atom stereocenters. The van der Waals surface area contributed by atoms with Gasteiger partial charge in [0.25, 0.3) is 5.95 Å². The summed E-state index contributed by atoms with van der Waals surface area (Å²) in [6.07, 6.45) is 3.66. The maximum atomic E-state index is 12.3. The van der Waals surface area contributed by atoms with Crippen LogP contribution >= 0.6 is 0 Å². The summed E-state index contributed by atoms with van der Waals surface area (Å²) in [6, 6.07) is 25.4. The van der Waals surface area contributed by atoms with Crippen LogP contribution in [0.4, 0.5) is 5.95 Å². The molecule has 0 aliphatic rings. The molecule has 5 aromatic rings. The van der Waals surface area contributed by atoms with Crippen LogP contribution in [0, 0.1) is 0 Å². The second kappa shape index (κ2) is 9.83. The summed E-state index contributed by atoms with van der Waals surface area (Å²) < 4.78 is 5.81. The van der Waals surface area contributed by atoms with E-state index in [0.717, 1.165) is 33.3 Å². The molecule has 0 saturated heterocycles. The van der Waals surface area contributed by atoms with Gasteiger partial charge in [-0.25, -0.2) is 4.98 Å². The van der Waals surface area contributed by atoms with E-state index in [1.807, 2.05) is 85.1 Å². The molecule has 0 aliphatic carbocycles. The van der Waals surface area contributed by atoms with Crippen molar-refractivity contribution in [2.75, 3.05) is 5.43 Å². The number of carbonyl (C=O) groups excluding carboxylic acids is 1. The summed E-state index contributed by atoms with van der Waals surface area (Å²) >= 11 is 0. The third-order valence-electron chi connectivity index (χ3n) is 5.30. The normalized spacial score (nSPS) is 10.7. The molecule has 0 fully saturated rings. The first-order valence-corrected chi connectivity index (χ1v) is 10.8. The lowest BCUT2D eigenvalue weighted by Gasteiger charge is -2.08. The van der Waals surface area contributed by atoms with Gasteiger partial charge in [0.1, 0.15) is 18.1 Å². The van der Waals surface area contributed by atoms with Gasteiger partial charge in [-0.3, -0.25) is 15.6 Å². The molecule has 8 heteroatoms. The fourth-order valence-electron chi connectivity index (χ4n) is 3.55. The summed E-state index contributed by atoms with van der Waals surface area (Å²) in [5, 5.41) is 9.27. The number of fused-ring (bicyclic) bond motifs is 1. The standard InChI is InChI=1S/C26H22N6O2/c33-25(14-20-15-27-23-9-5-4-8-22(20)23)30-32-26-28-16-24(29-31-26)19-10-12-21(13-11-19)34-17-18-6-2-1-3-7-18/h1-13,15-16,27H,14,17H2,(H,30,33)(H,28,31,32). The molecular formula is C26H22N6O2. The summed E-state index contributed by atoms with van der Waals surface area (Å²) in [5.74, 6) is 0.770. The van der Waals surface area contributed by atoms with Crippen LogP contribution < -0.4 is 15.6 Å². The molecule has 0 bridgehead atoms. The number of carbonyl (C=O) groups is 1. The van der Waals surface area contributed by atoms with Gasteiger partial charge in [0.05, 0.1) is 12.6 Å². The molecule has 1 amide bonds. The van der Waals surface area contributed by atoms with Crippen LogP contribution in [0.15, 0.2) is 91.3 Å². The molecule has 8 nitrogen and oxygen atoms in total. The Morgan fingerprint density at radius 3 is 2.50 bits per heavy atom. The number of ether oxygens (including phenoxy) is 1. The Kier molecular flexibility index (Phi) is 6.11. The SMILES string of the molecule is O=C(Cc1c[nH]c2ccccc12)NNc1ncc(-c2ccc(OCc3ccccc3)cc2)nn1. The number of H-pyrrole nitrogens is 1. The molecule has 0 aliphatic heterocycles. The highest BCUT2D eigenvalue weighted by atomic mass is 16.5. The second-order valence-electron chi connectivity index (χ2n) is 7.68. The first-order valence-electron chi connectivity index (χ1n) is 10.8. The fourth-order valence-corrected chi connectivity index (χ4v) is 3.55. The van der Waals surface area contributed by atoms with Crippen molar-refractivity contribution in [1.82, 2.24) is 25.6 Å². The summed E-state index contributed by atoms with van der Waals surface area (Å²) in [4.78, 5) is 19.7. The van der Waals surface area contributed by atoms with Gasteiger partial charge in [-0.2, -0.15) is 0 Å². The number of hydrazine groups is 1. The van der Waals surface area contributed by atoms with Crippen molar-refractivity contribution in [3.05, 3.63) is 102 Å². The quantitative estimate of drug-likeness (QED) is 0.305. The van der Waals surface area contributed by atoms with E-state index in [4.69, 9.17) is 4.74 Å². The van der Waals surface area contributed by atoms with E-state index >= 15 is 0 Å². The van der Waals surface area contributed by atoms with Crippen molar-refractivity contribution in [3.8, 4) is 17.0 Å². The Morgan fingerprint density at radius 1 is 0.912 bits per heavy atom. The third kappa shape index (κ3) is 5.02. The fraction of sp³-hybridized carbons (Fsp3) is 0.0769. The number of para-hydroxylation sites is 1. The highest BCUT2D eigenvalue weighted by Gasteiger charge is 2.09. The van der Waals surface area contributed by atoms with Crippen LogP contribution in [-0.2, 0) is 17.8 Å². The Hall–Kier alpha value is -4.72. The number of hydrogen-bond donors (Lipinski definition) is 3. The Labute approximate surface area is 196 Å². The Bertz CT molecular complexity index is 1380. The van der Waals surface area contributed by atoms with Crippen molar-refractivity contribution < 1.29 is 9.53 Å². The topological polar surface area (TPSA) is 105 Å². The van der Waals surface area contributed by atoms with Crippen molar-refractivity contribution >= 4 is 22.8 Å². The monoisotopic (exact) mass is 450 g/mol. The van der Waals surface area contributed by atoms with Crippen LogP contribution in [-0.4, -0.2) is 26.1 Å². The average Bonchev–Trinajstić information content (AvgIpc) is 3.30. The number of rotatable bonds is 8. The smallest absolute Gasteiger partial charge is 0.261 e. The van der Waals surface area contributed by atoms with E-state index in [1.165, 1.54) is 0 Å². The molecule has 2 aromatic heterocycles. The number of anilines is 1. The third-order valence-corrected chi connectivity index (χ3v) is 5.30. The number of aromatic amines is 1. The number of nitrogens with zero attached hydrogens (tertiary/aromatic N) is 3. The van der Waals surface area contributed by atoms with E-state index < -0.39 is 0 Å². The van der Waals surface area contributed by atoms with Gasteiger partial charge in [0, 0.05) is 22.7 Å². The van der Waals surface area contributed by atoms with Crippen molar-refractivity contribution in [2.24, 2.45) is 0 Å². The zero-order valence-electron chi connectivity index (χ0n) is 18.2. The molecule has 0 radical (unpaired) electrons. The highest BCUT2D eigenvalue weighted by molar-refractivity contribution is 5.89. The zero-order chi connectivity index (χ0) is 23.2. The largest absolute Gasteiger partial charge is 0.489 e. The number of benzene rings is 3. The first kappa shape index (κ1) is 21.1. The minimum Gasteiger partial charge on any atom is -0.489 e. The van der Waals surface area contributed by atoms with E-state index in [2.05, 4.69) is 31.0 Å². The van der Waals surface area contributed by atoms with E-state index in [1.54, 1.807) is 6.20 Å². The number of amides is 1. The van der Waals surface area contributed by atoms with Gasteiger partial charge in [-0.1, -0.05) is 48.5 Å². The first-order chi connectivity index (χ1) is 16.7.